The summed E-state index contributed by atoms with van der Waals surface area (Å²) in [6.07, 6.45) is -0.0587. The van der Waals surface area contributed by atoms with Gasteiger partial charge in [-0.15, -0.1) is 0 Å². The Morgan fingerprint density at radius 3 is 2.54 bits per heavy atom. The molecule has 0 aliphatic carbocycles. The monoisotopic (exact) mass is 358 g/mol. The lowest BCUT2D eigenvalue weighted by atomic mass is 10.0. The SMILES string of the molecule is COc1cccc(C[C@@H](NC(=O)Cc2cccc([N+](=O)[O-])c2)C(=O)O)c1. The number of nitro groups is 1. The number of ether oxygens (including phenoxy) is 1. The van der Waals surface area contributed by atoms with Crippen molar-refractivity contribution in [1.29, 1.82) is 0 Å². The molecule has 0 saturated heterocycles. The molecule has 0 heterocycles. The van der Waals surface area contributed by atoms with E-state index in [0.717, 1.165) is 0 Å². The van der Waals surface area contributed by atoms with Gasteiger partial charge in [0.25, 0.3) is 5.69 Å². The Balaban J connectivity index is 2.04. The van der Waals surface area contributed by atoms with Crippen LogP contribution in [-0.2, 0) is 22.4 Å². The number of amides is 1. The van der Waals surface area contributed by atoms with Crippen molar-refractivity contribution in [3.63, 3.8) is 0 Å². The summed E-state index contributed by atoms with van der Waals surface area (Å²) in [4.78, 5) is 33.8. The fraction of sp³-hybridized carbons (Fsp3) is 0.222. The van der Waals surface area contributed by atoms with Crippen LogP contribution in [0.2, 0.25) is 0 Å². The summed E-state index contributed by atoms with van der Waals surface area (Å²) in [6.45, 7) is 0. The van der Waals surface area contributed by atoms with E-state index in [2.05, 4.69) is 5.32 Å². The van der Waals surface area contributed by atoms with E-state index in [9.17, 15) is 24.8 Å². The third-order valence-electron chi connectivity index (χ3n) is 3.69. The summed E-state index contributed by atoms with van der Waals surface area (Å²) >= 11 is 0. The van der Waals surface area contributed by atoms with E-state index >= 15 is 0 Å². The molecule has 2 N–H and O–H groups in total. The molecule has 0 unspecified atom stereocenters. The van der Waals surface area contributed by atoms with Crippen LogP contribution in [0.15, 0.2) is 48.5 Å². The Morgan fingerprint density at radius 1 is 1.19 bits per heavy atom. The van der Waals surface area contributed by atoms with E-state index in [1.54, 1.807) is 30.3 Å². The number of aliphatic carboxylic acids is 1. The molecule has 2 rings (SSSR count). The number of nitro benzene ring substituents is 1. The van der Waals surface area contributed by atoms with Gasteiger partial charge in [-0.3, -0.25) is 14.9 Å². The second-order valence-corrected chi connectivity index (χ2v) is 5.62. The lowest BCUT2D eigenvalue weighted by Crippen LogP contribution is -2.43. The molecule has 0 aliphatic rings. The molecule has 26 heavy (non-hydrogen) atoms. The van der Waals surface area contributed by atoms with E-state index in [1.165, 1.54) is 25.3 Å². The number of carboxylic acids is 1. The highest BCUT2D eigenvalue weighted by Gasteiger charge is 2.21. The molecule has 136 valence electrons. The van der Waals surface area contributed by atoms with Gasteiger partial charge < -0.3 is 15.2 Å². The van der Waals surface area contributed by atoms with Gasteiger partial charge in [0.1, 0.15) is 11.8 Å². The van der Waals surface area contributed by atoms with Crippen LogP contribution >= 0.6 is 0 Å². The molecule has 0 aliphatic heterocycles. The number of hydrogen-bond acceptors (Lipinski definition) is 5. The second kappa shape index (κ2) is 8.61. The number of rotatable bonds is 8. The minimum atomic E-state index is -1.17. The van der Waals surface area contributed by atoms with Crippen LogP contribution in [0.1, 0.15) is 11.1 Å². The fourth-order valence-corrected chi connectivity index (χ4v) is 2.45. The summed E-state index contributed by atoms with van der Waals surface area (Å²) in [5, 5.41) is 22.6. The van der Waals surface area contributed by atoms with Gasteiger partial charge in [0.15, 0.2) is 0 Å². The van der Waals surface area contributed by atoms with Gasteiger partial charge in [-0.2, -0.15) is 0 Å². The van der Waals surface area contributed by atoms with Crippen molar-refractivity contribution in [2.24, 2.45) is 0 Å². The molecule has 0 radical (unpaired) electrons. The van der Waals surface area contributed by atoms with Gasteiger partial charge in [0.2, 0.25) is 5.91 Å². The molecule has 0 fully saturated rings. The molecule has 1 atom stereocenters. The summed E-state index contributed by atoms with van der Waals surface area (Å²) in [5.41, 5.74) is 1.01. The summed E-state index contributed by atoms with van der Waals surface area (Å²) in [6, 6.07) is 11.5. The first-order chi connectivity index (χ1) is 12.4. The average molecular weight is 358 g/mol. The molecule has 0 spiro atoms. The molecule has 2 aromatic carbocycles. The molecule has 8 nitrogen and oxygen atoms in total. The molecule has 2 aromatic rings. The van der Waals surface area contributed by atoms with Gasteiger partial charge in [-0.25, -0.2) is 4.79 Å². The first kappa shape index (κ1) is 18.9. The Bertz CT molecular complexity index is 821. The van der Waals surface area contributed by atoms with Gasteiger partial charge in [0, 0.05) is 18.6 Å². The molecule has 0 aromatic heterocycles. The average Bonchev–Trinajstić information content (AvgIpc) is 2.61. The molecule has 0 saturated carbocycles. The first-order valence-corrected chi connectivity index (χ1v) is 7.77. The van der Waals surface area contributed by atoms with Crippen molar-refractivity contribution in [2.45, 2.75) is 18.9 Å². The van der Waals surface area contributed by atoms with E-state index in [0.29, 0.717) is 16.9 Å². The molecular weight excluding hydrogens is 340 g/mol. The quantitative estimate of drug-likeness (QED) is 0.550. The van der Waals surface area contributed by atoms with Crippen molar-refractivity contribution >= 4 is 17.6 Å². The number of benzene rings is 2. The molecule has 8 heteroatoms. The van der Waals surface area contributed by atoms with Crippen molar-refractivity contribution in [1.82, 2.24) is 5.32 Å². The van der Waals surface area contributed by atoms with Crippen LogP contribution in [-0.4, -0.2) is 35.1 Å². The minimum Gasteiger partial charge on any atom is -0.497 e. The topological polar surface area (TPSA) is 119 Å². The maximum absolute atomic E-state index is 12.2. The van der Waals surface area contributed by atoms with E-state index in [-0.39, 0.29) is 18.5 Å². The normalized spacial score (nSPS) is 11.4. The highest BCUT2D eigenvalue weighted by molar-refractivity contribution is 5.85. The zero-order chi connectivity index (χ0) is 19.1. The standard InChI is InChI=1S/C18H18N2O6/c1-26-15-7-3-5-13(9-15)10-16(18(22)23)19-17(21)11-12-4-2-6-14(8-12)20(24)25/h2-9,16H,10-11H2,1H3,(H,19,21)(H,22,23)/t16-/m1/s1. The molecule has 0 bridgehead atoms. The highest BCUT2D eigenvalue weighted by Crippen LogP contribution is 2.15. The van der Waals surface area contributed by atoms with Crippen LogP contribution in [0, 0.1) is 10.1 Å². The number of nitrogens with zero attached hydrogens (tertiary/aromatic N) is 1. The van der Waals surface area contributed by atoms with Crippen molar-refractivity contribution in [2.75, 3.05) is 7.11 Å². The third kappa shape index (κ3) is 5.30. The van der Waals surface area contributed by atoms with Crippen molar-refractivity contribution < 1.29 is 24.4 Å². The number of methoxy groups -OCH3 is 1. The number of non-ortho nitro benzene ring substituents is 1. The van der Waals surface area contributed by atoms with Crippen LogP contribution in [0.4, 0.5) is 5.69 Å². The highest BCUT2D eigenvalue weighted by atomic mass is 16.6. The fourth-order valence-electron chi connectivity index (χ4n) is 2.45. The molecular formula is C18H18N2O6. The lowest BCUT2D eigenvalue weighted by Gasteiger charge is -2.15. The minimum absolute atomic E-state index is 0.0905. The summed E-state index contributed by atoms with van der Waals surface area (Å²) in [5.74, 6) is -1.10. The van der Waals surface area contributed by atoms with Crippen molar-refractivity contribution in [3.05, 3.63) is 69.8 Å². The maximum Gasteiger partial charge on any atom is 0.326 e. The van der Waals surface area contributed by atoms with Gasteiger partial charge >= 0.3 is 5.97 Å². The van der Waals surface area contributed by atoms with Crippen LogP contribution in [0.5, 0.6) is 5.75 Å². The van der Waals surface area contributed by atoms with E-state index in [1.807, 2.05) is 0 Å². The Kier molecular flexibility index (Phi) is 6.26. The Hall–Kier alpha value is -3.42. The number of nitrogens with one attached hydrogen (secondary N) is 1. The van der Waals surface area contributed by atoms with E-state index in [4.69, 9.17) is 4.74 Å². The van der Waals surface area contributed by atoms with E-state index < -0.39 is 22.8 Å². The predicted octanol–water partition coefficient (Wildman–Crippen LogP) is 1.96. The lowest BCUT2D eigenvalue weighted by molar-refractivity contribution is -0.384. The van der Waals surface area contributed by atoms with Crippen molar-refractivity contribution in [3.8, 4) is 5.75 Å². The number of carboxylic acid groups (broad SMARTS) is 1. The summed E-state index contributed by atoms with van der Waals surface area (Å²) in [7, 11) is 1.51. The number of carbonyl (C=O) groups excluding carboxylic acids is 1. The molecule has 1 amide bonds. The first-order valence-electron chi connectivity index (χ1n) is 7.77. The zero-order valence-corrected chi connectivity index (χ0v) is 14.0. The smallest absolute Gasteiger partial charge is 0.326 e. The predicted molar refractivity (Wildman–Crippen MR) is 93.1 cm³/mol. The van der Waals surface area contributed by atoms with Crippen LogP contribution in [0.3, 0.4) is 0 Å². The summed E-state index contributed by atoms with van der Waals surface area (Å²) < 4.78 is 5.10. The zero-order valence-electron chi connectivity index (χ0n) is 14.0. The Labute approximate surface area is 149 Å². The maximum atomic E-state index is 12.2. The Morgan fingerprint density at radius 2 is 1.88 bits per heavy atom. The number of carbonyl (C=O) groups is 2. The van der Waals surface area contributed by atoms with Gasteiger partial charge in [-0.1, -0.05) is 24.3 Å². The third-order valence-corrected chi connectivity index (χ3v) is 3.69. The van der Waals surface area contributed by atoms with Gasteiger partial charge in [-0.05, 0) is 23.3 Å². The van der Waals surface area contributed by atoms with Crippen LogP contribution in [0.25, 0.3) is 0 Å². The van der Waals surface area contributed by atoms with Gasteiger partial charge in [0.05, 0.1) is 18.5 Å². The van der Waals surface area contributed by atoms with Crippen LogP contribution < -0.4 is 10.1 Å². The largest absolute Gasteiger partial charge is 0.497 e. The second-order valence-electron chi connectivity index (χ2n) is 5.62. The number of hydrogen-bond donors (Lipinski definition) is 2.